The van der Waals surface area contributed by atoms with Gasteiger partial charge in [0, 0.05) is 36.6 Å². The molecule has 0 radical (unpaired) electrons. The van der Waals surface area contributed by atoms with Gasteiger partial charge in [0.1, 0.15) is 11.6 Å². The molecule has 5 rings (SSSR count). The number of oxazole rings is 1. The molecule has 4 aromatic rings. The maximum Gasteiger partial charge on any atom is 0.201 e. The third-order valence-electron chi connectivity index (χ3n) is 6.55. The molecule has 6 nitrogen and oxygen atoms in total. The first kappa shape index (κ1) is 21.2. The maximum absolute atomic E-state index is 10.1. The van der Waals surface area contributed by atoms with Gasteiger partial charge >= 0.3 is 0 Å². The summed E-state index contributed by atoms with van der Waals surface area (Å²) in [6.45, 7) is 3.86. The molecule has 1 unspecified atom stereocenters. The fourth-order valence-corrected chi connectivity index (χ4v) is 4.78. The Hall–Kier alpha value is -3.69. The Morgan fingerprint density at radius 1 is 1.15 bits per heavy atom. The number of benzene rings is 2. The fraction of sp³-hybridized carbons (Fsp3) is 0.296. The first-order chi connectivity index (χ1) is 16.1. The Kier molecular flexibility index (Phi) is 5.57. The van der Waals surface area contributed by atoms with E-state index >= 15 is 0 Å². The molecule has 0 bridgehead atoms. The van der Waals surface area contributed by atoms with E-state index in [9.17, 15) is 5.26 Å². The van der Waals surface area contributed by atoms with Gasteiger partial charge in [-0.15, -0.1) is 0 Å². The lowest BCUT2D eigenvalue weighted by Crippen LogP contribution is -2.31. The molecule has 3 heterocycles. The highest BCUT2D eigenvalue weighted by Gasteiger charge is 2.31. The number of rotatable bonds is 5. The maximum atomic E-state index is 10.1. The van der Waals surface area contributed by atoms with Crippen LogP contribution in [0.15, 0.2) is 59.1 Å². The summed E-state index contributed by atoms with van der Waals surface area (Å²) in [5, 5.41) is 10.1. The molecular formula is C27H27N5O. The van der Waals surface area contributed by atoms with Gasteiger partial charge in [-0.1, -0.05) is 36.4 Å². The predicted molar refractivity (Wildman–Crippen MR) is 130 cm³/mol. The molecule has 0 spiro atoms. The van der Waals surface area contributed by atoms with Crippen LogP contribution in [-0.4, -0.2) is 48.1 Å². The topological polar surface area (TPSA) is 69.2 Å². The van der Waals surface area contributed by atoms with E-state index in [2.05, 4.69) is 47.1 Å². The number of nitrogens with zero attached hydrogens (tertiary/aromatic N) is 5. The van der Waals surface area contributed by atoms with Crippen molar-refractivity contribution >= 4 is 16.8 Å². The summed E-state index contributed by atoms with van der Waals surface area (Å²) in [5.74, 6) is 0.578. The van der Waals surface area contributed by atoms with E-state index in [1.54, 1.807) is 6.20 Å². The van der Waals surface area contributed by atoms with E-state index in [1.165, 1.54) is 0 Å². The SMILES string of the molecule is Cc1c(-c2ccccc2)c(N2CCC(N(C)C)C2)c2oc(Cc3ccccn3)nc2c1C#N. The molecule has 0 N–H and O–H groups in total. The van der Waals surface area contributed by atoms with Crippen LogP contribution in [0.5, 0.6) is 0 Å². The van der Waals surface area contributed by atoms with Crippen LogP contribution in [-0.2, 0) is 6.42 Å². The summed E-state index contributed by atoms with van der Waals surface area (Å²) >= 11 is 0. The van der Waals surface area contributed by atoms with Crippen LogP contribution >= 0.6 is 0 Å². The van der Waals surface area contributed by atoms with E-state index in [0.717, 1.165) is 47.6 Å². The summed E-state index contributed by atoms with van der Waals surface area (Å²) < 4.78 is 6.41. The second-order valence-electron chi connectivity index (χ2n) is 8.84. The predicted octanol–water partition coefficient (Wildman–Crippen LogP) is 4.80. The van der Waals surface area contributed by atoms with Crippen molar-refractivity contribution in [2.45, 2.75) is 25.8 Å². The molecule has 0 amide bonds. The number of fused-ring (bicyclic) bond motifs is 1. The first-order valence-corrected chi connectivity index (χ1v) is 11.3. The minimum Gasteiger partial charge on any atom is -0.438 e. The first-order valence-electron chi connectivity index (χ1n) is 11.3. The molecule has 2 aromatic carbocycles. The minimum absolute atomic E-state index is 0.468. The largest absolute Gasteiger partial charge is 0.438 e. The minimum atomic E-state index is 0.468. The molecular weight excluding hydrogens is 410 g/mol. The average molecular weight is 438 g/mol. The Bertz CT molecular complexity index is 1320. The third-order valence-corrected chi connectivity index (χ3v) is 6.55. The van der Waals surface area contributed by atoms with Crippen LogP contribution in [0.25, 0.3) is 22.2 Å². The molecule has 0 saturated carbocycles. The van der Waals surface area contributed by atoms with Crippen molar-refractivity contribution in [1.29, 1.82) is 5.26 Å². The molecule has 1 aliphatic heterocycles. The molecule has 1 atom stereocenters. The number of nitriles is 1. The Balaban J connectivity index is 1.74. The molecule has 166 valence electrons. The molecule has 33 heavy (non-hydrogen) atoms. The highest BCUT2D eigenvalue weighted by molar-refractivity contribution is 6.02. The summed E-state index contributed by atoms with van der Waals surface area (Å²) in [4.78, 5) is 13.9. The lowest BCUT2D eigenvalue weighted by molar-refractivity contribution is 0.315. The summed E-state index contributed by atoms with van der Waals surface area (Å²) in [6, 6.07) is 19.0. The normalized spacial score (nSPS) is 16.0. The molecule has 2 aromatic heterocycles. The molecule has 1 fully saturated rings. The van der Waals surface area contributed by atoms with Crippen LogP contribution in [0.4, 0.5) is 5.69 Å². The quantitative estimate of drug-likeness (QED) is 0.447. The van der Waals surface area contributed by atoms with Crippen LogP contribution in [0.2, 0.25) is 0 Å². The van der Waals surface area contributed by atoms with Gasteiger partial charge < -0.3 is 14.2 Å². The lowest BCUT2D eigenvalue weighted by Gasteiger charge is -2.25. The fourth-order valence-electron chi connectivity index (χ4n) is 4.78. The van der Waals surface area contributed by atoms with Crippen LogP contribution < -0.4 is 4.90 Å². The third kappa shape index (κ3) is 3.85. The highest BCUT2D eigenvalue weighted by atomic mass is 16.3. The zero-order chi connectivity index (χ0) is 22.9. The van der Waals surface area contributed by atoms with Crippen LogP contribution in [0.1, 0.15) is 29.1 Å². The smallest absolute Gasteiger partial charge is 0.201 e. The summed E-state index contributed by atoms with van der Waals surface area (Å²) in [5.41, 5.74) is 6.92. The summed E-state index contributed by atoms with van der Waals surface area (Å²) in [6.07, 6.45) is 3.34. The Labute approximate surface area is 194 Å². The standard InChI is InChI=1S/C27H27N5O/c1-18-22(16-28)25-27(33-23(30-25)15-20-11-7-8-13-29-20)26(24(18)19-9-5-4-6-10-19)32-14-12-21(17-32)31(2)3/h4-11,13,21H,12,14-15,17H2,1-3H3. The second kappa shape index (κ2) is 8.68. The van der Waals surface area contributed by atoms with Crippen molar-refractivity contribution in [1.82, 2.24) is 14.9 Å². The van der Waals surface area contributed by atoms with E-state index in [-0.39, 0.29) is 0 Å². The van der Waals surface area contributed by atoms with Crippen molar-refractivity contribution in [2.24, 2.45) is 0 Å². The van der Waals surface area contributed by atoms with Gasteiger partial charge in [0.05, 0.1) is 17.7 Å². The van der Waals surface area contributed by atoms with Crippen molar-refractivity contribution in [2.75, 3.05) is 32.1 Å². The van der Waals surface area contributed by atoms with Gasteiger partial charge in [0.15, 0.2) is 5.58 Å². The Morgan fingerprint density at radius 3 is 2.61 bits per heavy atom. The number of hydrogen-bond donors (Lipinski definition) is 0. The van der Waals surface area contributed by atoms with E-state index < -0.39 is 0 Å². The van der Waals surface area contributed by atoms with Crippen molar-refractivity contribution in [3.8, 4) is 17.2 Å². The van der Waals surface area contributed by atoms with E-state index in [0.29, 0.717) is 35.0 Å². The monoisotopic (exact) mass is 437 g/mol. The second-order valence-corrected chi connectivity index (χ2v) is 8.84. The zero-order valence-electron chi connectivity index (χ0n) is 19.2. The van der Waals surface area contributed by atoms with Crippen LogP contribution in [0, 0.1) is 18.3 Å². The van der Waals surface area contributed by atoms with Crippen LogP contribution in [0.3, 0.4) is 0 Å². The van der Waals surface area contributed by atoms with Gasteiger partial charge in [0.2, 0.25) is 5.89 Å². The van der Waals surface area contributed by atoms with Crippen molar-refractivity contribution in [3.63, 3.8) is 0 Å². The van der Waals surface area contributed by atoms with Gasteiger partial charge in [-0.2, -0.15) is 5.26 Å². The lowest BCUT2D eigenvalue weighted by atomic mass is 9.93. The van der Waals surface area contributed by atoms with Crippen molar-refractivity contribution < 1.29 is 4.42 Å². The average Bonchev–Trinajstić information content (AvgIpc) is 3.47. The number of pyridine rings is 1. The van der Waals surface area contributed by atoms with Gasteiger partial charge in [0.25, 0.3) is 0 Å². The highest BCUT2D eigenvalue weighted by Crippen LogP contribution is 2.44. The molecule has 6 heteroatoms. The van der Waals surface area contributed by atoms with Crippen molar-refractivity contribution in [3.05, 3.63) is 77.4 Å². The number of aromatic nitrogens is 2. The van der Waals surface area contributed by atoms with Gasteiger partial charge in [-0.3, -0.25) is 4.98 Å². The zero-order valence-corrected chi connectivity index (χ0v) is 19.2. The van der Waals surface area contributed by atoms with E-state index in [1.807, 2.05) is 43.3 Å². The molecule has 1 aliphatic rings. The number of anilines is 1. The molecule has 0 aliphatic carbocycles. The van der Waals surface area contributed by atoms with Gasteiger partial charge in [-0.25, -0.2) is 4.98 Å². The summed E-state index contributed by atoms with van der Waals surface area (Å²) in [7, 11) is 4.26. The number of hydrogen-bond acceptors (Lipinski definition) is 6. The Morgan fingerprint density at radius 2 is 1.94 bits per heavy atom. The van der Waals surface area contributed by atoms with E-state index in [4.69, 9.17) is 9.40 Å². The number of likely N-dealkylation sites (N-methyl/N-ethyl adjacent to an activating group) is 1. The van der Waals surface area contributed by atoms with Gasteiger partial charge in [-0.05, 0) is 50.7 Å². The molecule has 1 saturated heterocycles.